The molecule has 0 aliphatic rings. The number of rotatable bonds is 2. The highest BCUT2D eigenvalue weighted by Gasteiger charge is 2.35. The molecule has 0 N–H and O–H groups in total. The van der Waals surface area contributed by atoms with E-state index in [1.165, 1.54) is 6.07 Å². The van der Waals surface area contributed by atoms with Gasteiger partial charge in [-0.1, -0.05) is 6.07 Å². The SMILES string of the molecule is Cc1nc2cc(-c3cccn4c(C=O)ccc34)c(C(F)(F)F)cc2n1C. The van der Waals surface area contributed by atoms with E-state index >= 15 is 0 Å². The Morgan fingerprint density at radius 3 is 2.54 bits per heavy atom. The van der Waals surface area contributed by atoms with E-state index in [1.54, 1.807) is 53.4 Å². The third-order valence-electron chi connectivity index (χ3n) is 4.68. The lowest BCUT2D eigenvalue weighted by Gasteiger charge is -2.15. The van der Waals surface area contributed by atoms with Gasteiger partial charge in [0.25, 0.3) is 0 Å². The molecule has 1 aromatic carbocycles. The fourth-order valence-corrected chi connectivity index (χ4v) is 3.30. The topological polar surface area (TPSA) is 39.3 Å². The van der Waals surface area contributed by atoms with Gasteiger partial charge >= 0.3 is 6.18 Å². The lowest BCUT2D eigenvalue weighted by atomic mass is 9.98. The van der Waals surface area contributed by atoms with Crippen LogP contribution in [0.15, 0.2) is 42.6 Å². The molecular formula is C19H14F3N3O. The van der Waals surface area contributed by atoms with Gasteiger partial charge in [0.15, 0.2) is 6.29 Å². The second-order valence-electron chi connectivity index (χ2n) is 6.16. The number of aromatic nitrogens is 3. The van der Waals surface area contributed by atoms with Crippen LogP contribution in [0.1, 0.15) is 21.9 Å². The minimum atomic E-state index is -4.52. The van der Waals surface area contributed by atoms with Crippen LogP contribution in [0.25, 0.3) is 27.7 Å². The molecule has 0 unspecified atom stereocenters. The molecule has 0 aliphatic heterocycles. The average molecular weight is 357 g/mol. The van der Waals surface area contributed by atoms with E-state index in [2.05, 4.69) is 4.98 Å². The Kier molecular flexibility index (Phi) is 3.44. The number of pyridine rings is 1. The first-order valence-electron chi connectivity index (χ1n) is 7.91. The van der Waals surface area contributed by atoms with E-state index < -0.39 is 11.7 Å². The smallest absolute Gasteiger partial charge is 0.331 e. The minimum absolute atomic E-state index is 0.0456. The third-order valence-corrected chi connectivity index (χ3v) is 4.68. The van der Waals surface area contributed by atoms with Crippen molar-refractivity contribution in [3.05, 3.63) is 59.7 Å². The number of carbonyl (C=O) groups is 1. The first-order chi connectivity index (χ1) is 12.3. The summed E-state index contributed by atoms with van der Waals surface area (Å²) in [5.74, 6) is 0.634. The Morgan fingerprint density at radius 1 is 1.08 bits per heavy atom. The Labute approximate surface area is 146 Å². The van der Waals surface area contributed by atoms with Crippen LogP contribution >= 0.6 is 0 Å². The number of aldehydes is 1. The van der Waals surface area contributed by atoms with Gasteiger partial charge in [-0.15, -0.1) is 0 Å². The predicted octanol–water partition coefficient (Wildman–Crippen LogP) is 4.63. The number of nitrogens with zero attached hydrogens (tertiary/aromatic N) is 3. The maximum Gasteiger partial charge on any atom is 0.417 e. The molecule has 26 heavy (non-hydrogen) atoms. The quantitative estimate of drug-likeness (QED) is 0.491. The van der Waals surface area contributed by atoms with E-state index in [1.807, 2.05) is 0 Å². The van der Waals surface area contributed by atoms with Gasteiger partial charge < -0.3 is 8.97 Å². The molecule has 0 saturated carbocycles. The van der Waals surface area contributed by atoms with Crippen molar-refractivity contribution in [1.29, 1.82) is 0 Å². The summed E-state index contributed by atoms with van der Waals surface area (Å²) in [4.78, 5) is 15.5. The van der Waals surface area contributed by atoms with Gasteiger partial charge in [-0.3, -0.25) is 4.79 Å². The van der Waals surface area contributed by atoms with E-state index in [-0.39, 0.29) is 5.56 Å². The molecule has 7 heteroatoms. The van der Waals surface area contributed by atoms with Crippen LogP contribution in [0.3, 0.4) is 0 Å². The van der Waals surface area contributed by atoms with Gasteiger partial charge in [0.05, 0.1) is 27.8 Å². The van der Waals surface area contributed by atoms with Gasteiger partial charge in [-0.05, 0) is 42.8 Å². The van der Waals surface area contributed by atoms with Crippen LogP contribution in [-0.4, -0.2) is 20.2 Å². The van der Waals surface area contributed by atoms with Crippen molar-refractivity contribution in [2.24, 2.45) is 7.05 Å². The predicted molar refractivity (Wildman–Crippen MR) is 92.2 cm³/mol. The summed E-state index contributed by atoms with van der Waals surface area (Å²) >= 11 is 0. The molecule has 0 spiro atoms. The first-order valence-corrected chi connectivity index (χ1v) is 7.91. The first kappa shape index (κ1) is 16.4. The zero-order valence-corrected chi connectivity index (χ0v) is 14.0. The molecule has 0 radical (unpaired) electrons. The molecule has 132 valence electrons. The molecule has 4 nitrogen and oxygen atoms in total. The van der Waals surface area contributed by atoms with Crippen molar-refractivity contribution in [3.63, 3.8) is 0 Å². The van der Waals surface area contributed by atoms with E-state index in [4.69, 9.17) is 0 Å². The van der Waals surface area contributed by atoms with Crippen LogP contribution < -0.4 is 0 Å². The van der Waals surface area contributed by atoms with Crippen LogP contribution in [0.4, 0.5) is 13.2 Å². The molecule has 3 aromatic heterocycles. The monoisotopic (exact) mass is 357 g/mol. The number of hydrogen-bond acceptors (Lipinski definition) is 2. The maximum atomic E-state index is 13.8. The van der Waals surface area contributed by atoms with Crippen LogP contribution in [-0.2, 0) is 13.2 Å². The van der Waals surface area contributed by atoms with Gasteiger partial charge in [-0.25, -0.2) is 4.98 Å². The number of aryl methyl sites for hydroxylation is 2. The molecule has 0 fully saturated rings. The molecule has 0 amide bonds. The number of alkyl halides is 3. The van der Waals surface area contributed by atoms with E-state index in [9.17, 15) is 18.0 Å². The zero-order valence-electron chi connectivity index (χ0n) is 14.0. The highest BCUT2D eigenvalue weighted by molar-refractivity contribution is 5.91. The highest BCUT2D eigenvalue weighted by Crippen LogP contribution is 2.40. The number of hydrogen-bond donors (Lipinski definition) is 0. The van der Waals surface area contributed by atoms with E-state index in [0.717, 1.165) is 6.07 Å². The number of benzene rings is 1. The molecule has 4 aromatic rings. The second kappa shape index (κ2) is 5.45. The van der Waals surface area contributed by atoms with Crippen molar-refractivity contribution in [2.45, 2.75) is 13.1 Å². The van der Waals surface area contributed by atoms with Gasteiger partial charge in [0, 0.05) is 18.8 Å². The Bertz CT molecular complexity index is 1170. The van der Waals surface area contributed by atoms with E-state index in [0.29, 0.717) is 39.9 Å². The fourth-order valence-electron chi connectivity index (χ4n) is 3.30. The summed E-state index contributed by atoms with van der Waals surface area (Å²) in [6, 6.07) is 9.08. The molecule has 0 aliphatic carbocycles. The lowest BCUT2D eigenvalue weighted by Crippen LogP contribution is -2.08. The number of fused-ring (bicyclic) bond motifs is 2. The Morgan fingerprint density at radius 2 is 1.85 bits per heavy atom. The van der Waals surface area contributed by atoms with Crippen molar-refractivity contribution in [3.8, 4) is 11.1 Å². The zero-order chi connectivity index (χ0) is 18.6. The summed E-state index contributed by atoms with van der Waals surface area (Å²) in [5, 5.41) is 0. The lowest BCUT2D eigenvalue weighted by molar-refractivity contribution is -0.137. The molecular weight excluding hydrogens is 343 g/mol. The van der Waals surface area contributed by atoms with Crippen molar-refractivity contribution in [2.75, 3.05) is 0 Å². The van der Waals surface area contributed by atoms with Gasteiger partial charge in [0.2, 0.25) is 0 Å². The van der Waals surface area contributed by atoms with Crippen LogP contribution in [0.2, 0.25) is 0 Å². The van der Waals surface area contributed by atoms with Crippen LogP contribution in [0, 0.1) is 6.92 Å². The minimum Gasteiger partial charge on any atom is -0.331 e. The molecule has 0 bridgehead atoms. The van der Waals surface area contributed by atoms with Gasteiger partial charge in [-0.2, -0.15) is 13.2 Å². The summed E-state index contributed by atoms with van der Waals surface area (Å²) in [5.41, 5.74) is 1.56. The highest BCUT2D eigenvalue weighted by atomic mass is 19.4. The number of imidazole rings is 1. The van der Waals surface area contributed by atoms with Crippen molar-refractivity contribution >= 4 is 22.8 Å². The standard InChI is InChI=1S/C19H14F3N3O/c1-11-23-16-8-14(15(19(20,21)22)9-18(16)24(11)2)13-4-3-7-25-12(10-26)5-6-17(13)25/h3-10H,1-2H3. The average Bonchev–Trinajstić information content (AvgIpc) is 3.14. The number of halogens is 3. The summed E-state index contributed by atoms with van der Waals surface area (Å²) in [7, 11) is 1.69. The second-order valence-corrected chi connectivity index (χ2v) is 6.16. The molecule has 3 heterocycles. The summed E-state index contributed by atoms with van der Waals surface area (Å²) < 4.78 is 44.6. The van der Waals surface area contributed by atoms with Gasteiger partial charge in [0.1, 0.15) is 5.82 Å². The largest absolute Gasteiger partial charge is 0.417 e. The summed E-state index contributed by atoms with van der Waals surface area (Å²) in [6.45, 7) is 1.75. The molecule has 0 atom stereocenters. The Balaban J connectivity index is 2.11. The third kappa shape index (κ3) is 2.31. The molecule has 0 saturated heterocycles. The summed E-state index contributed by atoms with van der Waals surface area (Å²) in [6.07, 6.45) is -2.19. The van der Waals surface area contributed by atoms with Crippen LogP contribution in [0.5, 0.6) is 0 Å². The normalized spacial score (nSPS) is 12.2. The fraction of sp³-hybridized carbons (Fsp3) is 0.158. The van der Waals surface area contributed by atoms with Crippen molar-refractivity contribution in [1.82, 2.24) is 14.0 Å². The maximum absolute atomic E-state index is 13.8. The number of carbonyl (C=O) groups excluding carboxylic acids is 1. The molecule has 4 rings (SSSR count). The van der Waals surface area contributed by atoms with Crippen molar-refractivity contribution < 1.29 is 18.0 Å². The Hall–Kier alpha value is -3.09.